The Kier molecular flexibility index (Phi) is 6.07. The molecule has 0 saturated heterocycles. The van der Waals surface area contributed by atoms with Crippen molar-refractivity contribution in [1.29, 1.82) is 0 Å². The van der Waals surface area contributed by atoms with E-state index in [-0.39, 0.29) is 10.8 Å². The molecule has 0 aliphatic rings. The molecule has 154 valence electrons. The largest absolute Gasteiger partial charge is 0.308 e. The van der Waals surface area contributed by atoms with Gasteiger partial charge >= 0.3 is 0 Å². The SMILES string of the molecule is Cc1cc(C)cc(C(=O)N(CCN(C)C)c2nc3ccc(S(C)(=O)=O)cc3s2)c1. The molecule has 0 atom stereocenters. The van der Waals surface area contributed by atoms with Crippen LogP contribution in [-0.2, 0) is 9.84 Å². The van der Waals surface area contributed by atoms with Crippen molar-refractivity contribution in [3.05, 3.63) is 53.1 Å². The van der Waals surface area contributed by atoms with Gasteiger partial charge < -0.3 is 4.90 Å². The Hall–Kier alpha value is -2.29. The van der Waals surface area contributed by atoms with Gasteiger partial charge in [-0.15, -0.1) is 0 Å². The summed E-state index contributed by atoms with van der Waals surface area (Å²) in [5.41, 5.74) is 3.36. The Labute approximate surface area is 175 Å². The molecule has 8 heteroatoms. The maximum atomic E-state index is 13.3. The third-order valence-corrected chi connectivity index (χ3v) is 6.64. The number of likely N-dealkylation sites (N-methyl/N-ethyl adjacent to an activating group) is 1. The highest BCUT2D eigenvalue weighted by atomic mass is 32.2. The van der Waals surface area contributed by atoms with Crippen LogP contribution in [0.25, 0.3) is 10.2 Å². The number of sulfone groups is 1. The van der Waals surface area contributed by atoms with Gasteiger partial charge in [0.1, 0.15) is 0 Å². The van der Waals surface area contributed by atoms with Crippen molar-refractivity contribution in [1.82, 2.24) is 9.88 Å². The van der Waals surface area contributed by atoms with Crippen LogP contribution in [0.1, 0.15) is 21.5 Å². The minimum atomic E-state index is -3.30. The molecule has 3 aromatic rings. The predicted octanol–water partition coefficient (Wildman–Crippen LogP) is 3.53. The molecule has 0 bridgehead atoms. The minimum Gasteiger partial charge on any atom is -0.308 e. The molecule has 0 N–H and O–H groups in total. The Morgan fingerprint density at radius 3 is 2.28 bits per heavy atom. The van der Waals surface area contributed by atoms with Crippen LogP contribution in [0.3, 0.4) is 0 Å². The fourth-order valence-electron chi connectivity index (χ4n) is 3.08. The van der Waals surface area contributed by atoms with E-state index in [0.717, 1.165) is 15.8 Å². The summed E-state index contributed by atoms with van der Waals surface area (Å²) in [6.45, 7) is 5.11. The number of anilines is 1. The lowest BCUT2D eigenvalue weighted by Crippen LogP contribution is -2.36. The number of hydrogen-bond donors (Lipinski definition) is 0. The van der Waals surface area contributed by atoms with E-state index in [2.05, 4.69) is 4.98 Å². The minimum absolute atomic E-state index is 0.110. The molecule has 0 radical (unpaired) electrons. The second kappa shape index (κ2) is 8.22. The van der Waals surface area contributed by atoms with Crippen LogP contribution in [0.2, 0.25) is 0 Å². The summed E-state index contributed by atoms with van der Waals surface area (Å²) >= 11 is 1.33. The molecule has 1 heterocycles. The third-order valence-electron chi connectivity index (χ3n) is 4.49. The maximum absolute atomic E-state index is 13.3. The summed E-state index contributed by atoms with van der Waals surface area (Å²) < 4.78 is 24.5. The number of aromatic nitrogens is 1. The quantitative estimate of drug-likeness (QED) is 0.597. The molecule has 0 fully saturated rings. The third kappa shape index (κ3) is 5.01. The summed E-state index contributed by atoms with van der Waals surface area (Å²) in [5, 5.41) is 0.566. The molecule has 29 heavy (non-hydrogen) atoms. The van der Waals surface area contributed by atoms with Crippen LogP contribution in [-0.4, -0.2) is 57.6 Å². The van der Waals surface area contributed by atoms with Crippen molar-refractivity contribution in [2.45, 2.75) is 18.7 Å². The number of fused-ring (bicyclic) bond motifs is 1. The van der Waals surface area contributed by atoms with Gasteiger partial charge in [0.15, 0.2) is 15.0 Å². The molecule has 3 rings (SSSR count). The van der Waals surface area contributed by atoms with Gasteiger partial charge in [0.05, 0.1) is 15.1 Å². The molecule has 0 saturated carbocycles. The van der Waals surface area contributed by atoms with Gasteiger partial charge in [-0.1, -0.05) is 28.5 Å². The summed E-state index contributed by atoms with van der Waals surface area (Å²) in [7, 11) is 0.605. The van der Waals surface area contributed by atoms with Crippen molar-refractivity contribution < 1.29 is 13.2 Å². The average Bonchev–Trinajstić information content (AvgIpc) is 3.02. The van der Waals surface area contributed by atoms with Crippen molar-refractivity contribution in [3.8, 4) is 0 Å². The van der Waals surface area contributed by atoms with Crippen LogP contribution in [0, 0.1) is 13.8 Å². The lowest BCUT2D eigenvalue weighted by Gasteiger charge is -2.22. The number of carbonyl (C=O) groups excluding carboxylic acids is 1. The molecule has 0 unspecified atom stereocenters. The van der Waals surface area contributed by atoms with Crippen LogP contribution in [0.4, 0.5) is 5.13 Å². The molecule has 1 aromatic heterocycles. The Morgan fingerprint density at radius 2 is 1.69 bits per heavy atom. The van der Waals surface area contributed by atoms with Gasteiger partial charge in [-0.05, 0) is 58.3 Å². The zero-order valence-electron chi connectivity index (χ0n) is 17.3. The molecule has 6 nitrogen and oxygen atoms in total. The van der Waals surface area contributed by atoms with Gasteiger partial charge in [0, 0.05) is 24.9 Å². The van der Waals surface area contributed by atoms with E-state index in [9.17, 15) is 13.2 Å². The molecular weight excluding hydrogens is 406 g/mol. The average molecular weight is 432 g/mol. The zero-order valence-corrected chi connectivity index (χ0v) is 18.9. The van der Waals surface area contributed by atoms with E-state index >= 15 is 0 Å². The van der Waals surface area contributed by atoms with E-state index in [4.69, 9.17) is 0 Å². The molecule has 0 spiro atoms. The number of hydrogen-bond acceptors (Lipinski definition) is 6. The highest BCUT2D eigenvalue weighted by Crippen LogP contribution is 2.31. The fraction of sp³-hybridized carbons (Fsp3) is 0.333. The Balaban J connectivity index is 2.05. The van der Waals surface area contributed by atoms with Crippen molar-refractivity contribution >= 4 is 42.4 Å². The Bertz CT molecular complexity index is 1150. The van der Waals surface area contributed by atoms with Gasteiger partial charge in [-0.3, -0.25) is 9.69 Å². The monoisotopic (exact) mass is 431 g/mol. The smallest absolute Gasteiger partial charge is 0.260 e. The molecule has 2 aromatic carbocycles. The van der Waals surface area contributed by atoms with Gasteiger partial charge in [-0.2, -0.15) is 0 Å². The topological polar surface area (TPSA) is 70.6 Å². The van der Waals surface area contributed by atoms with Crippen molar-refractivity contribution in [2.75, 3.05) is 38.3 Å². The summed E-state index contributed by atoms with van der Waals surface area (Å²) in [6, 6.07) is 10.7. The number of carbonyl (C=O) groups is 1. The van der Waals surface area contributed by atoms with E-state index in [1.165, 1.54) is 17.6 Å². The normalized spacial score (nSPS) is 11.9. The second-order valence-electron chi connectivity index (χ2n) is 7.53. The number of nitrogens with zero attached hydrogens (tertiary/aromatic N) is 3. The van der Waals surface area contributed by atoms with E-state index in [1.807, 2.05) is 51.0 Å². The van der Waals surface area contributed by atoms with Crippen LogP contribution in [0.5, 0.6) is 0 Å². The summed E-state index contributed by atoms with van der Waals surface area (Å²) in [5.74, 6) is -0.110. The number of benzene rings is 2. The standard InChI is InChI=1S/C21H25N3O3S2/c1-14-10-15(2)12-16(11-14)20(25)24(9-8-23(3)4)21-22-18-7-6-17(29(5,26)27)13-19(18)28-21/h6-7,10-13H,8-9H2,1-5H3. The van der Waals surface area contributed by atoms with Gasteiger partial charge in [0.2, 0.25) is 0 Å². The highest BCUT2D eigenvalue weighted by molar-refractivity contribution is 7.90. The lowest BCUT2D eigenvalue weighted by atomic mass is 10.1. The van der Waals surface area contributed by atoms with E-state index < -0.39 is 9.84 Å². The van der Waals surface area contributed by atoms with E-state index in [1.54, 1.807) is 23.1 Å². The number of rotatable bonds is 6. The molecular formula is C21H25N3O3S2. The zero-order chi connectivity index (χ0) is 21.3. The van der Waals surface area contributed by atoms with Crippen LogP contribution < -0.4 is 4.90 Å². The number of aryl methyl sites for hydroxylation is 2. The maximum Gasteiger partial charge on any atom is 0.260 e. The van der Waals surface area contributed by atoms with Crippen molar-refractivity contribution in [2.24, 2.45) is 0 Å². The first-order valence-corrected chi connectivity index (χ1v) is 11.9. The van der Waals surface area contributed by atoms with Gasteiger partial charge in [0.25, 0.3) is 5.91 Å². The molecule has 0 aliphatic carbocycles. The second-order valence-corrected chi connectivity index (χ2v) is 10.6. The Morgan fingerprint density at radius 1 is 1.03 bits per heavy atom. The van der Waals surface area contributed by atoms with Crippen LogP contribution >= 0.6 is 11.3 Å². The first-order chi connectivity index (χ1) is 13.5. The number of thiazole rings is 1. The highest BCUT2D eigenvalue weighted by Gasteiger charge is 2.22. The predicted molar refractivity (Wildman–Crippen MR) is 119 cm³/mol. The molecule has 0 aliphatic heterocycles. The molecule has 1 amide bonds. The van der Waals surface area contributed by atoms with E-state index in [0.29, 0.717) is 29.3 Å². The summed E-state index contributed by atoms with van der Waals surface area (Å²) in [6.07, 6.45) is 1.18. The van der Waals surface area contributed by atoms with Gasteiger partial charge in [-0.25, -0.2) is 13.4 Å². The summed E-state index contributed by atoms with van der Waals surface area (Å²) in [4.78, 5) is 21.9. The number of amides is 1. The van der Waals surface area contributed by atoms with Crippen LogP contribution in [0.15, 0.2) is 41.3 Å². The fourth-order valence-corrected chi connectivity index (χ4v) is 4.83. The first-order valence-electron chi connectivity index (χ1n) is 9.20. The first kappa shape index (κ1) is 21.4. The van der Waals surface area contributed by atoms with Crippen molar-refractivity contribution in [3.63, 3.8) is 0 Å². The lowest BCUT2D eigenvalue weighted by molar-refractivity contribution is 0.0985.